The van der Waals surface area contributed by atoms with Gasteiger partial charge in [0, 0.05) is 42.2 Å². The van der Waals surface area contributed by atoms with E-state index in [1.165, 1.54) is 6.26 Å². The van der Waals surface area contributed by atoms with Crippen molar-refractivity contribution >= 4 is 38.3 Å². The molecule has 0 amide bonds. The van der Waals surface area contributed by atoms with E-state index >= 15 is 0 Å². The van der Waals surface area contributed by atoms with Crippen molar-refractivity contribution in [1.29, 1.82) is 0 Å². The summed E-state index contributed by atoms with van der Waals surface area (Å²) in [6.45, 7) is 1.27. The highest BCUT2D eigenvalue weighted by molar-refractivity contribution is 7.91. The van der Waals surface area contributed by atoms with Crippen LogP contribution in [-0.4, -0.2) is 49.3 Å². The van der Waals surface area contributed by atoms with Crippen LogP contribution in [0.25, 0.3) is 10.9 Å². The van der Waals surface area contributed by atoms with Crippen LogP contribution in [0, 0.1) is 0 Å². The van der Waals surface area contributed by atoms with Crippen LogP contribution < -0.4 is 4.90 Å². The van der Waals surface area contributed by atoms with Gasteiger partial charge in [-0.3, -0.25) is 4.99 Å². The van der Waals surface area contributed by atoms with Gasteiger partial charge in [-0.1, -0.05) is 18.2 Å². The van der Waals surface area contributed by atoms with Gasteiger partial charge in [0.1, 0.15) is 0 Å². The fraction of sp³-hybridized carbons (Fsp3) is 0.250. The summed E-state index contributed by atoms with van der Waals surface area (Å²) >= 11 is 0. The zero-order valence-electron chi connectivity index (χ0n) is 15.0. The second kappa shape index (κ2) is 6.74. The van der Waals surface area contributed by atoms with Crippen LogP contribution in [0.2, 0.25) is 0 Å². The van der Waals surface area contributed by atoms with Crippen molar-refractivity contribution in [1.82, 2.24) is 4.98 Å². The lowest BCUT2D eigenvalue weighted by Gasteiger charge is -2.18. The molecule has 1 aliphatic rings. The van der Waals surface area contributed by atoms with Crippen LogP contribution in [0.1, 0.15) is 12.0 Å². The number of hydrogen-bond donors (Lipinski definition) is 2. The number of aromatic amines is 1. The van der Waals surface area contributed by atoms with E-state index in [9.17, 15) is 13.5 Å². The maximum atomic E-state index is 11.7. The number of benzene rings is 2. The molecule has 2 heterocycles. The number of nitrogens with zero attached hydrogens (tertiary/aromatic N) is 2. The van der Waals surface area contributed by atoms with E-state index in [1.54, 1.807) is 6.21 Å². The van der Waals surface area contributed by atoms with Gasteiger partial charge in [-0.05, 0) is 36.8 Å². The van der Waals surface area contributed by atoms with Crippen LogP contribution in [0.15, 0.2) is 53.5 Å². The highest BCUT2D eigenvalue weighted by Gasteiger charge is 2.30. The Balaban J connectivity index is 1.51. The summed E-state index contributed by atoms with van der Waals surface area (Å²) in [5.41, 5.74) is 3.28. The number of sulfone groups is 1. The molecule has 0 radical (unpaired) electrons. The van der Waals surface area contributed by atoms with Gasteiger partial charge in [0.2, 0.25) is 0 Å². The van der Waals surface area contributed by atoms with Crippen molar-refractivity contribution < 1.29 is 13.5 Å². The molecule has 1 aliphatic heterocycles. The minimum absolute atomic E-state index is 0.0976. The van der Waals surface area contributed by atoms with Gasteiger partial charge in [-0.25, -0.2) is 8.42 Å². The fourth-order valence-electron chi connectivity index (χ4n) is 3.48. The number of para-hydroxylation sites is 1. The Morgan fingerprint density at radius 1 is 1.19 bits per heavy atom. The largest absolute Gasteiger partial charge is 0.494 e. The smallest absolute Gasteiger partial charge is 0.198 e. The Hall–Kier alpha value is -2.80. The quantitative estimate of drug-likeness (QED) is 0.677. The van der Waals surface area contributed by atoms with Crippen molar-refractivity contribution in [2.45, 2.75) is 11.7 Å². The molecule has 1 atom stereocenters. The van der Waals surface area contributed by atoms with Crippen LogP contribution in [0.4, 0.5) is 11.4 Å². The molecule has 3 aromatic rings. The first kappa shape index (κ1) is 17.6. The molecule has 0 aliphatic carbocycles. The van der Waals surface area contributed by atoms with Crippen LogP contribution in [0.5, 0.6) is 5.88 Å². The molecule has 4 rings (SSSR count). The Labute approximate surface area is 158 Å². The summed E-state index contributed by atoms with van der Waals surface area (Å²) in [5, 5.41) is 10.7. The Morgan fingerprint density at radius 2 is 1.93 bits per heavy atom. The summed E-state index contributed by atoms with van der Waals surface area (Å²) in [6.07, 6.45) is 3.62. The standard InChI is InChI=1S/C20H21N3O3S/c1-27(25,26)16-10-11-23(13-16)15-8-6-14(7-9-15)21-12-18-17-4-2-3-5-19(17)22-20(18)24/h2-9,12,16,22,24H,10-11,13H2,1H3. The van der Waals surface area contributed by atoms with Gasteiger partial charge in [0.25, 0.3) is 0 Å². The summed E-state index contributed by atoms with van der Waals surface area (Å²) in [5.74, 6) is 0.0976. The van der Waals surface area contributed by atoms with Gasteiger partial charge in [-0.15, -0.1) is 0 Å². The Kier molecular flexibility index (Phi) is 4.39. The normalized spacial score (nSPS) is 18.0. The molecular formula is C20H21N3O3S. The second-order valence-corrected chi connectivity index (χ2v) is 9.22. The predicted octanol–water partition coefficient (Wildman–Crippen LogP) is 3.25. The molecular weight excluding hydrogens is 362 g/mol. The zero-order valence-corrected chi connectivity index (χ0v) is 15.8. The minimum Gasteiger partial charge on any atom is -0.494 e. The van der Waals surface area contributed by atoms with E-state index in [2.05, 4.69) is 14.9 Å². The van der Waals surface area contributed by atoms with Crippen molar-refractivity contribution in [3.63, 3.8) is 0 Å². The summed E-state index contributed by atoms with van der Waals surface area (Å²) < 4.78 is 23.4. The van der Waals surface area contributed by atoms with E-state index in [0.29, 0.717) is 18.5 Å². The first-order valence-corrected chi connectivity index (χ1v) is 10.7. The monoisotopic (exact) mass is 383 g/mol. The van der Waals surface area contributed by atoms with Crippen molar-refractivity contribution in [2.75, 3.05) is 24.2 Å². The number of nitrogens with one attached hydrogen (secondary N) is 1. The molecule has 7 heteroatoms. The molecule has 1 saturated heterocycles. The first-order valence-electron chi connectivity index (χ1n) is 8.79. The van der Waals surface area contributed by atoms with Gasteiger partial charge >= 0.3 is 0 Å². The van der Waals surface area contributed by atoms with Gasteiger partial charge in [0.15, 0.2) is 15.7 Å². The maximum Gasteiger partial charge on any atom is 0.198 e. The molecule has 140 valence electrons. The number of anilines is 1. The van der Waals surface area contributed by atoms with Crippen LogP contribution in [0.3, 0.4) is 0 Å². The van der Waals surface area contributed by atoms with Crippen molar-refractivity contribution in [3.05, 3.63) is 54.1 Å². The molecule has 6 nitrogen and oxygen atoms in total. The molecule has 1 fully saturated rings. The van der Waals surface area contributed by atoms with Crippen molar-refractivity contribution in [3.8, 4) is 5.88 Å². The lowest BCUT2D eigenvalue weighted by molar-refractivity contribution is 0.457. The maximum absolute atomic E-state index is 11.7. The van der Waals surface area contributed by atoms with Gasteiger partial charge in [-0.2, -0.15) is 0 Å². The van der Waals surface area contributed by atoms with E-state index in [4.69, 9.17) is 0 Å². The first-order chi connectivity index (χ1) is 12.9. The number of aromatic hydroxyl groups is 1. The average Bonchev–Trinajstić information content (AvgIpc) is 3.25. The third-order valence-corrected chi connectivity index (χ3v) is 6.63. The minimum atomic E-state index is -3.00. The third-order valence-electron chi connectivity index (χ3n) is 5.03. The summed E-state index contributed by atoms with van der Waals surface area (Å²) in [4.78, 5) is 9.48. The summed E-state index contributed by atoms with van der Waals surface area (Å²) in [6, 6.07) is 15.4. The number of aromatic nitrogens is 1. The molecule has 2 aromatic carbocycles. The third kappa shape index (κ3) is 3.55. The molecule has 27 heavy (non-hydrogen) atoms. The zero-order chi connectivity index (χ0) is 19.0. The number of fused-ring (bicyclic) bond motifs is 1. The van der Waals surface area contributed by atoms with Crippen LogP contribution >= 0.6 is 0 Å². The van der Waals surface area contributed by atoms with E-state index < -0.39 is 9.84 Å². The topological polar surface area (TPSA) is 85.8 Å². The predicted molar refractivity (Wildman–Crippen MR) is 109 cm³/mol. The number of aliphatic imine (C=N–C) groups is 1. The van der Waals surface area contributed by atoms with E-state index in [-0.39, 0.29) is 11.1 Å². The highest BCUT2D eigenvalue weighted by atomic mass is 32.2. The molecule has 1 unspecified atom stereocenters. The Morgan fingerprint density at radius 3 is 2.63 bits per heavy atom. The molecule has 0 saturated carbocycles. The Bertz CT molecular complexity index is 1100. The SMILES string of the molecule is CS(=O)(=O)C1CCN(c2ccc(N=Cc3c(O)[nH]c4ccccc34)cc2)C1. The average molecular weight is 383 g/mol. The van der Waals surface area contributed by atoms with E-state index in [1.807, 2.05) is 48.5 Å². The molecule has 0 bridgehead atoms. The van der Waals surface area contributed by atoms with Crippen molar-refractivity contribution in [2.24, 2.45) is 4.99 Å². The number of hydrogen-bond acceptors (Lipinski definition) is 5. The van der Waals surface area contributed by atoms with Crippen LogP contribution in [-0.2, 0) is 9.84 Å². The fourth-order valence-corrected chi connectivity index (χ4v) is 4.47. The second-order valence-electron chi connectivity index (χ2n) is 6.89. The number of H-pyrrole nitrogens is 1. The number of rotatable bonds is 4. The lowest BCUT2D eigenvalue weighted by Crippen LogP contribution is -2.25. The lowest BCUT2D eigenvalue weighted by atomic mass is 10.2. The summed E-state index contributed by atoms with van der Waals surface area (Å²) in [7, 11) is -3.00. The molecule has 2 N–H and O–H groups in total. The van der Waals surface area contributed by atoms with E-state index in [0.717, 1.165) is 28.8 Å². The van der Waals surface area contributed by atoms with Gasteiger partial charge < -0.3 is 15.0 Å². The van der Waals surface area contributed by atoms with Gasteiger partial charge in [0.05, 0.1) is 16.5 Å². The highest BCUT2D eigenvalue weighted by Crippen LogP contribution is 2.28. The molecule has 0 spiro atoms. The molecule has 1 aromatic heterocycles.